The van der Waals surface area contributed by atoms with Crippen molar-refractivity contribution >= 4 is 23.4 Å². The average molecular weight is 494 g/mol. The molecule has 7 heteroatoms. The van der Waals surface area contributed by atoms with Crippen LogP contribution in [0, 0.1) is 11.8 Å². The van der Waals surface area contributed by atoms with E-state index >= 15 is 0 Å². The molecule has 1 aromatic rings. The van der Waals surface area contributed by atoms with E-state index in [0.29, 0.717) is 18.2 Å². The predicted octanol–water partition coefficient (Wildman–Crippen LogP) is 4.15. The number of hydrogen-bond donors (Lipinski definition) is 2. The molecule has 3 aliphatic heterocycles. The number of likely N-dealkylation sites (tertiary alicyclic amines) is 1. The molecule has 5 unspecified atom stereocenters. The van der Waals surface area contributed by atoms with Gasteiger partial charge in [-0.25, -0.2) is 0 Å². The molecule has 4 aliphatic rings. The van der Waals surface area contributed by atoms with Crippen LogP contribution in [0.4, 0.5) is 5.69 Å². The van der Waals surface area contributed by atoms with E-state index in [1.54, 1.807) is 4.90 Å². The van der Waals surface area contributed by atoms with Gasteiger partial charge in [0.1, 0.15) is 11.6 Å². The van der Waals surface area contributed by atoms with Crippen LogP contribution >= 0.6 is 0 Å². The molecule has 0 aromatic heterocycles. The Morgan fingerprint density at radius 2 is 1.83 bits per heavy atom. The zero-order valence-corrected chi connectivity index (χ0v) is 21.7. The van der Waals surface area contributed by atoms with Crippen molar-refractivity contribution in [2.75, 3.05) is 11.9 Å². The number of ether oxygens (including phenoxy) is 1. The molecule has 7 nitrogen and oxygen atoms in total. The third-order valence-electron chi connectivity index (χ3n) is 8.47. The molecular weight excluding hydrogens is 454 g/mol. The Morgan fingerprint density at radius 3 is 2.50 bits per heavy atom. The Balaban J connectivity index is 1.39. The molecule has 2 N–H and O–H groups in total. The summed E-state index contributed by atoms with van der Waals surface area (Å²) in [5.74, 6) is -1.48. The van der Waals surface area contributed by atoms with Crippen molar-refractivity contribution in [1.82, 2.24) is 10.2 Å². The van der Waals surface area contributed by atoms with Crippen molar-refractivity contribution < 1.29 is 19.1 Å². The molecule has 2 saturated heterocycles. The molecule has 5 atom stereocenters. The summed E-state index contributed by atoms with van der Waals surface area (Å²) in [5.41, 5.74) is 0.810. The van der Waals surface area contributed by atoms with E-state index in [1.807, 2.05) is 36.4 Å². The molecule has 3 fully saturated rings. The molecule has 194 valence electrons. The standard InChI is InChI=1S/C29H39N3O4/c1-4-5-17-32-25(27(34)31-20-9-7-6-8-10-20)29-16-15-22(36-29)23(24(29)28(32)35)26(33)30-21-13-11-19(12-14-21)18(2)3/h11-16,18,20,22-25H,4-10,17H2,1-3H3,(H,30,33)(H,31,34). The van der Waals surface area contributed by atoms with E-state index in [-0.39, 0.29) is 23.8 Å². The van der Waals surface area contributed by atoms with E-state index < -0.39 is 29.6 Å². The van der Waals surface area contributed by atoms with Gasteiger partial charge < -0.3 is 20.3 Å². The Hall–Kier alpha value is -2.67. The average Bonchev–Trinajstić information content (AvgIpc) is 3.51. The highest BCUT2D eigenvalue weighted by Crippen LogP contribution is 2.55. The number of carbonyl (C=O) groups excluding carboxylic acids is 3. The van der Waals surface area contributed by atoms with Crippen molar-refractivity contribution in [2.45, 2.75) is 95.4 Å². The highest BCUT2D eigenvalue weighted by molar-refractivity contribution is 6.02. The number of nitrogens with zero attached hydrogens (tertiary/aromatic N) is 1. The summed E-state index contributed by atoms with van der Waals surface area (Å²) in [7, 11) is 0. The smallest absolute Gasteiger partial charge is 0.246 e. The van der Waals surface area contributed by atoms with Gasteiger partial charge in [0.15, 0.2) is 0 Å². The SMILES string of the molecule is CCCCN1C(=O)C2C(C(=O)Nc3ccc(C(C)C)cc3)C3C=CC2(O3)C1C(=O)NC1CCCCC1. The molecule has 1 spiro atoms. The van der Waals surface area contributed by atoms with Crippen LogP contribution < -0.4 is 10.6 Å². The summed E-state index contributed by atoms with van der Waals surface area (Å²) in [6.07, 6.45) is 10.3. The fourth-order valence-corrected chi connectivity index (χ4v) is 6.54. The maximum Gasteiger partial charge on any atom is 0.246 e. The summed E-state index contributed by atoms with van der Waals surface area (Å²) in [6.45, 7) is 6.81. The Morgan fingerprint density at radius 1 is 1.11 bits per heavy atom. The van der Waals surface area contributed by atoms with Crippen molar-refractivity contribution in [3.63, 3.8) is 0 Å². The molecular formula is C29H39N3O4. The van der Waals surface area contributed by atoms with Crippen LogP contribution in [0.15, 0.2) is 36.4 Å². The maximum atomic E-state index is 13.8. The summed E-state index contributed by atoms with van der Waals surface area (Å²) in [4.78, 5) is 42.7. The number of amides is 3. The summed E-state index contributed by atoms with van der Waals surface area (Å²) in [5, 5.41) is 6.24. The van der Waals surface area contributed by atoms with Crippen LogP contribution in [0.3, 0.4) is 0 Å². The maximum absolute atomic E-state index is 13.8. The first-order valence-corrected chi connectivity index (χ1v) is 13.7. The first-order chi connectivity index (χ1) is 17.4. The molecule has 3 amide bonds. The monoisotopic (exact) mass is 493 g/mol. The largest absolute Gasteiger partial charge is 0.359 e. The molecule has 36 heavy (non-hydrogen) atoms. The van der Waals surface area contributed by atoms with Crippen LogP contribution in [0.5, 0.6) is 0 Å². The fourth-order valence-electron chi connectivity index (χ4n) is 6.54. The van der Waals surface area contributed by atoms with Gasteiger partial charge in [0, 0.05) is 18.3 Å². The number of anilines is 1. The minimum absolute atomic E-state index is 0.139. The number of nitrogens with one attached hydrogen (secondary N) is 2. The van der Waals surface area contributed by atoms with Crippen LogP contribution in [-0.2, 0) is 19.1 Å². The van der Waals surface area contributed by atoms with E-state index in [9.17, 15) is 14.4 Å². The van der Waals surface area contributed by atoms with Crippen molar-refractivity contribution in [3.8, 4) is 0 Å². The van der Waals surface area contributed by atoms with Crippen molar-refractivity contribution in [1.29, 1.82) is 0 Å². The molecule has 1 aromatic carbocycles. The van der Waals surface area contributed by atoms with E-state index in [0.717, 1.165) is 38.5 Å². The highest BCUT2D eigenvalue weighted by Gasteiger charge is 2.72. The van der Waals surface area contributed by atoms with E-state index in [1.165, 1.54) is 12.0 Å². The summed E-state index contributed by atoms with van der Waals surface area (Å²) >= 11 is 0. The molecule has 2 bridgehead atoms. The number of carbonyl (C=O) groups is 3. The van der Waals surface area contributed by atoms with Crippen LogP contribution in [-0.4, -0.2) is 53.0 Å². The lowest BCUT2D eigenvalue weighted by Gasteiger charge is -2.34. The number of unbranched alkanes of at least 4 members (excludes halogenated alkanes) is 1. The van der Waals surface area contributed by atoms with Gasteiger partial charge in [0.2, 0.25) is 17.7 Å². The van der Waals surface area contributed by atoms with Crippen molar-refractivity contribution in [3.05, 3.63) is 42.0 Å². The highest BCUT2D eigenvalue weighted by atomic mass is 16.5. The third-order valence-corrected chi connectivity index (χ3v) is 8.47. The van der Waals surface area contributed by atoms with Gasteiger partial charge in [-0.15, -0.1) is 0 Å². The van der Waals surface area contributed by atoms with E-state index in [2.05, 4.69) is 31.4 Å². The first kappa shape index (κ1) is 25.0. The van der Waals surface area contributed by atoms with Crippen LogP contribution in [0.1, 0.15) is 77.2 Å². The number of rotatable bonds is 8. The fraction of sp³-hybridized carbons (Fsp3) is 0.621. The predicted molar refractivity (Wildman–Crippen MR) is 138 cm³/mol. The third kappa shape index (κ3) is 4.25. The molecule has 0 radical (unpaired) electrons. The minimum atomic E-state index is -1.09. The summed E-state index contributed by atoms with van der Waals surface area (Å²) < 4.78 is 6.41. The normalized spacial score (nSPS) is 31.2. The lowest BCUT2D eigenvalue weighted by atomic mass is 9.74. The van der Waals surface area contributed by atoms with Gasteiger partial charge in [0.05, 0.1) is 17.9 Å². The molecule has 5 rings (SSSR count). The van der Waals surface area contributed by atoms with Crippen LogP contribution in [0.2, 0.25) is 0 Å². The van der Waals surface area contributed by atoms with Gasteiger partial charge >= 0.3 is 0 Å². The minimum Gasteiger partial charge on any atom is -0.359 e. The van der Waals surface area contributed by atoms with Gasteiger partial charge in [-0.3, -0.25) is 14.4 Å². The topological polar surface area (TPSA) is 87.7 Å². The van der Waals surface area contributed by atoms with Gasteiger partial charge in [-0.05, 0) is 42.9 Å². The quantitative estimate of drug-likeness (QED) is 0.533. The lowest BCUT2D eigenvalue weighted by molar-refractivity contribution is -0.141. The second-order valence-corrected chi connectivity index (χ2v) is 11.2. The van der Waals surface area contributed by atoms with Gasteiger partial charge in [-0.2, -0.15) is 0 Å². The summed E-state index contributed by atoms with van der Waals surface area (Å²) in [6, 6.07) is 7.22. The van der Waals surface area contributed by atoms with Crippen molar-refractivity contribution in [2.24, 2.45) is 11.8 Å². The Bertz CT molecular complexity index is 1030. The zero-order chi connectivity index (χ0) is 25.4. The van der Waals surface area contributed by atoms with E-state index in [4.69, 9.17) is 4.74 Å². The first-order valence-electron chi connectivity index (χ1n) is 13.7. The zero-order valence-electron chi connectivity index (χ0n) is 21.7. The Labute approximate surface area is 214 Å². The molecule has 3 heterocycles. The number of benzene rings is 1. The number of hydrogen-bond acceptors (Lipinski definition) is 4. The molecule has 1 aliphatic carbocycles. The Kier molecular flexibility index (Phi) is 6.95. The van der Waals surface area contributed by atoms with Gasteiger partial charge in [0.25, 0.3) is 0 Å². The second kappa shape index (κ2) is 10.0. The lowest BCUT2D eigenvalue weighted by Crippen LogP contribution is -2.56. The second-order valence-electron chi connectivity index (χ2n) is 11.2. The molecule has 1 saturated carbocycles. The number of fused-ring (bicyclic) bond motifs is 1. The van der Waals surface area contributed by atoms with Crippen LogP contribution in [0.25, 0.3) is 0 Å². The van der Waals surface area contributed by atoms with Gasteiger partial charge in [-0.1, -0.05) is 70.7 Å².